The van der Waals surface area contributed by atoms with E-state index in [0.717, 1.165) is 38.1 Å². The maximum atomic E-state index is 12.4. The van der Waals surface area contributed by atoms with E-state index in [1.165, 1.54) is 12.1 Å². The van der Waals surface area contributed by atoms with Crippen LogP contribution >= 0.6 is 12.4 Å². The summed E-state index contributed by atoms with van der Waals surface area (Å²) in [7, 11) is 0. The van der Waals surface area contributed by atoms with Crippen molar-refractivity contribution in [1.29, 1.82) is 0 Å². The number of nitrogens with one attached hydrogen (secondary N) is 2. The van der Waals surface area contributed by atoms with Gasteiger partial charge in [0.25, 0.3) is 0 Å². The number of hydrogen-bond donors (Lipinski definition) is 2. The van der Waals surface area contributed by atoms with Crippen molar-refractivity contribution in [2.75, 3.05) is 13.1 Å². The van der Waals surface area contributed by atoms with Gasteiger partial charge in [-0.25, -0.2) is 0 Å². The fraction of sp³-hybridized carbons (Fsp3) is 0.533. The van der Waals surface area contributed by atoms with Gasteiger partial charge in [-0.1, -0.05) is 12.1 Å². The number of rotatable bonds is 4. The number of amides is 1. The van der Waals surface area contributed by atoms with E-state index in [9.17, 15) is 18.0 Å². The molecule has 2 rings (SSSR count). The highest BCUT2D eigenvalue weighted by molar-refractivity contribution is 5.85. The van der Waals surface area contributed by atoms with Crippen LogP contribution < -0.4 is 10.6 Å². The molecule has 1 amide bonds. The zero-order valence-corrected chi connectivity index (χ0v) is 12.9. The molecule has 0 spiro atoms. The van der Waals surface area contributed by atoms with Gasteiger partial charge in [-0.2, -0.15) is 13.2 Å². The topological polar surface area (TPSA) is 41.1 Å². The largest absolute Gasteiger partial charge is 0.416 e. The first-order valence-electron chi connectivity index (χ1n) is 7.08. The molecule has 0 unspecified atom stereocenters. The van der Waals surface area contributed by atoms with Crippen molar-refractivity contribution >= 4 is 18.3 Å². The van der Waals surface area contributed by atoms with Crippen molar-refractivity contribution in [2.45, 2.75) is 32.0 Å². The van der Waals surface area contributed by atoms with E-state index in [0.29, 0.717) is 17.9 Å². The average Bonchev–Trinajstić information content (AvgIpc) is 2.46. The summed E-state index contributed by atoms with van der Waals surface area (Å²) in [5.74, 6) is 0.362. The second-order valence-corrected chi connectivity index (χ2v) is 5.37. The van der Waals surface area contributed by atoms with Crippen LogP contribution in [0.15, 0.2) is 24.3 Å². The highest BCUT2D eigenvalue weighted by Crippen LogP contribution is 2.29. The summed E-state index contributed by atoms with van der Waals surface area (Å²) in [5.41, 5.74) is -0.00561. The summed E-state index contributed by atoms with van der Waals surface area (Å²) in [6, 6.07) is 4.86. The molecular weight excluding hydrogens is 317 g/mol. The van der Waals surface area contributed by atoms with E-state index in [2.05, 4.69) is 10.6 Å². The zero-order valence-electron chi connectivity index (χ0n) is 12.1. The minimum Gasteiger partial charge on any atom is -0.352 e. The Morgan fingerprint density at radius 3 is 2.32 bits per heavy atom. The molecule has 0 atom stereocenters. The fourth-order valence-corrected chi connectivity index (χ4v) is 2.43. The summed E-state index contributed by atoms with van der Waals surface area (Å²) in [4.78, 5) is 11.8. The monoisotopic (exact) mass is 336 g/mol. The minimum atomic E-state index is -4.32. The zero-order chi connectivity index (χ0) is 15.3. The molecule has 1 aromatic rings. The summed E-state index contributed by atoms with van der Waals surface area (Å²) in [6.07, 6.45) is -1.85. The molecule has 0 radical (unpaired) electrons. The first kappa shape index (κ1) is 18.8. The van der Waals surface area contributed by atoms with Crippen LogP contribution in [0.1, 0.15) is 30.4 Å². The Morgan fingerprint density at radius 1 is 1.18 bits per heavy atom. The number of alkyl halides is 3. The molecule has 1 saturated heterocycles. The molecule has 1 aliphatic rings. The van der Waals surface area contributed by atoms with Crippen molar-refractivity contribution in [2.24, 2.45) is 5.92 Å². The van der Waals surface area contributed by atoms with Crippen molar-refractivity contribution in [3.63, 3.8) is 0 Å². The Labute approximate surface area is 134 Å². The van der Waals surface area contributed by atoms with Gasteiger partial charge < -0.3 is 10.6 Å². The lowest BCUT2D eigenvalue weighted by molar-refractivity contribution is -0.137. The van der Waals surface area contributed by atoms with Crippen LogP contribution in [0.2, 0.25) is 0 Å². The molecule has 124 valence electrons. The first-order chi connectivity index (χ1) is 9.95. The number of piperidine rings is 1. The third-order valence-electron chi connectivity index (χ3n) is 3.70. The molecule has 0 aromatic heterocycles. The Hall–Kier alpha value is -1.27. The quantitative estimate of drug-likeness (QED) is 0.887. The molecular formula is C15H20ClF3N2O. The molecule has 1 aliphatic heterocycles. The van der Waals surface area contributed by atoms with Crippen molar-refractivity contribution < 1.29 is 18.0 Å². The Balaban J connectivity index is 0.00000242. The maximum Gasteiger partial charge on any atom is 0.416 e. The van der Waals surface area contributed by atoms with Crippen LogP contribution in [0.5, 0.6) is 0 Å². The Morgan fingerprint density at radius 2 is 1.77 bits per heavy atom. The Bertz CT molecular complexity index is 471. The van der Waals surface area contributed by atoms with E-state index in [-0.39, 0.29) is 24.9 Å². The lowest BCUT2D eigenvalue weighted by atomic mass is 9.94. The van der Waals surface area contributed by atoms with E-state index in [4.69, 9.17) is 0 Å². The van der Waals surface area contributed by atoms with E-state index in [1.807, 2.05) is 0 Å². The maximum absolute atomic E-state index is 12.4. The van der Waals surface area contributed by atoms with Gasteiger partial charge in [0.05, 0.1) is 5.56 Å². The van der Waals surface area contributed by atoms with Crippen LogP contribution in [0.4, 0.5) is 13.2 Å². The summed E-state index contributed by atoms with van der Waals surface area (Å²) >= 11 is 0. The molecule has 2 N–H and O–H groups in total. The lowest BCUT2D eigenvalue weighted by Crippen LogP contribution is -2.32. The fourth-order valence-electron chi connectivity index (χ4n) is 2.43. The highest BCUT2D eigenvalue weighted by atomic mass is 35.5. The number of hydrogen-bond acceptors (Lipinski definition) is 2. The number of carbonyl (C=O) groups is 1. The van der Waals surface area contributed by atoms with E-state index in [1.54, 1.807) is 0 Å². The molecule has 7 heteroatoms. The first-order valence-corrected chi connectivity index (χ1v) is 7.08. The number of carbonyl (C=O) groups excluding carboxylic acids is 1. The second kappa shape index (κ2) is 8.39. The summed E-state index contributed by atoms with van der Waals surface area (Å²) < 4.78 is 37.3. The molecule has 0 bridgehead atoms. The van der Waals surface area contributed by atoms with Crippen LogP contribution in [-0.4, -0.2) is 19.0 Å². The minimum absolute atomic E-state index is 0. The third kappa shape index (κ3) is 5.85. The Kier molecular flexibility index (Phi) is 7.16. The third-order valence-corrected chi connectivity index (χ3v) is 3.70. The van der Waals surface area contributed by atoms with Gasteiger partial charge in [0, 0.05) is 13.0 Å². The van der Waals surface area contributed by atoms with Gasteiger partial charge in [-0.05, 0) is 49.5 Å². The van der Waals surface area contributed by atoms with Gasteiger partial charge in [0.2, 0.25) is 5.91 Å². The van der Waals surface area contributed by atoms with Gasteiger partial charge in [-0.3, -0.25) is 4.79 Å². The molecule has 1 fully saturated rings. The second-order valence-electron chi connectivity index (χ2n) is 5.37. The predicted octanol–water partition coefficient (Wildman–Crippen LogP) is 3.13. The van der Waals surface area contributed by atoms with Crippen LogP contribution in [0, 0.1) is 5.92 Å². The van der Waals surface area contributed by atoms with Crippen LogP contribution in [0.3, 0.4) is 0 Å². The predicted molar refractivity (Wildman–Crippen MR) is 80.7 cm³/mol. The normalized spacial score (nSPS) is 16.0. The van der Waals surface area contributed by atoms with E-state index < -0.39 is 11.7 Å². The molecule has 3 nitrogen and oxygen atoms in total. The van der Waals surface area contributed by atoms with Gasteiger partial charge in [0.15, 0.2) is 0 Å². The van der Waals surface area contributed by atoms with Crippen LogP contribution in [0.25, 0.3) is 0 Å². The van der Waals surface area contributed by atoms with E-state index >= 15 is 0 Å². The summed E-state index contributed by atoms with van der Waals surface area (Å²) in [5, 5.41) is 6.00. The molecule has 1 heterocycles. The molecule has 0 saturated carbocycles. The summed E-state index contributed by atoms with van der Waals surface area (Å²) in [6.45, 7) is 2.15. The number of benzene rings is 1. The van der Waals surface area contributed by atoms with Crippen molar-refractivity contribution in [1.82, 2.24) is 10.6 Å². The van der Waals surface area contributed by atoms with Crippen LogP contribution in [-0.2, 0) is 17.5 Å². The van der Waals surface area contributed by atoms with Gasteiger partial charge >= 0.3 is 6.18 Å². The van der Waals surface area contributed by atoms with Crippen molar-refractivity contribution in [3.05, 3.63) is 35.4 Å². The molecule has 22 heavy (non-hydrogen) atoms. The van der Waals surface area contributed by atoms with Crippen molar-refractivity contribution in [3.8, 4) is 0 Å². The lowest BCUT2D eigenvalue weighted by Gasteiger charge is -2.21. The SMILES string of the molecule is Cl.O=C(CC1CCNCC1)NCc1ccc(C(F)(F)F)cc1. The van der Waals surface area contributed by atoms with Gasteiger partial charge in [0.1, 0.15) is 0 Å². The standard InChI is InChI=1S/C15H19F3N2O.ClH/c16-15(17,18)13-3-1-12(2-4-13)10-20-14(21)9-11-5-7-19-8-6-11;/h1-4,11,19H,5-10H2,(H,20,21);1H. The molecule has 1 aromatic carbocycles. The smallest absolute Gasteiger partial charge is 0.352 e. The highest BCUT2D eigenvalue weighted by Gasteiger charge is 2.29. The number of halogens is 4. The average molecular weight is 337 g/mol. The molecule has 0 aliphatic carbocycles. The van der Waals surface area contributed by atoms with Gasteiger partial charge in [-0.15, -0.1) is 12.4 Å².